The molecule has 2 N–H and O–H groups in total. The highest BCUT2D eigenvalue weighted by Gasteiger charge is 2.11. The molecule has 0 heterocycles. The number of rotatable bonds is 8. The summed E-state index contributed by atoms with van der Waals surface area (Å²) in [5.74, 6) is 1.56. The Morgan fingerprint density at radius 2 is 1.89 bits per heavy atom. The molecule has 2 aromatic rings. The Labute approximate surface area is 164 Å². The van der Waals surface area contributed by atoms with Crippen LogP contribution in [0.2, 0.25) is 0 Å². The summed E-state index contributed by atoms with van der Waals surface area (Å²) in [6.45, 7) is 2.72. The predicted octanol–water partition coefficient (Wildman–Crippen LogP) is 4.01. The topological polar surface area (TPSA) is 68.8 Å². The highest BCUT2D eigenvalue weighted by atomic mass is 32.1. The van der Waals surface area contributed by atoms with Crippen LogP contribution >= 0.6 is 12.2 Å². The molecule has 0 aromatic heterocycles. The highest BCUT2D eigenvalue weighted by molar-refractivity contribution is 7.80. The molecule has 0 aliphatic heterocycles. The second-order valence-electron chi connectivity index (χ2n) is 5.70. The molecule has 2 aromatic carbocycles. The van der Waals surface area contributed by atoms with Crippen LogP contribution in [0.15, 0.2) is 42.5 Å². The van der Waals surface area contributed by atoms with Crippen LogP contribution in [0, 0.1) is 0 Å². The number of amides is 1. The SMILES string of the molecule is CCCCOc1cccc(C(=O)NC(=S)Nc2cc(OC)ccc2OC)c1. The van der Waals surface area contributed by atoms with Gasteiger partial charge in [-0.2, -0.15) is 0 Å². The van der Waals surface area contributed by atoms with E-state index in [4.69, 9.17) is 26.4 Å². The van der Waals surface area contributed by atoms with Crippen molar-refractivity contribution in [3.05, 3.63) is 48.0 Å². The van der Waals surface area contributed by atoms with Gasteiger partial charge in [0.25, 0.3) is 5.91 Å². The number of nitrogens with one attached hydrogen (secondary N) is 2. The zero-order valence-electron chi connectivity index (χ0n) is 15.7. The van der Waals surface area contributed by atoms with Crippen molar-refractivity contribution in [3.8, 4) is 17.2 Å². The maximum absolute atomic E-state index is 12.5. The number of carbonyl (C=O) groups excluding carboxylic acids is 1. The lowest BCUT2D eigenvalue weighted by molar-refractivity contribution is 0.0977. The molecule has 0 saturated heterocycles. The fourth-order valence-electron chi connectivity index (χ4n) is 2.30. The van der Waals surface area contributed by atoms with E-state index in [0.717, 1.165) is 12.8 Å². The summed E-state index contributed by atoms with van der Waals surface area (Å²) in [6, 6.07) is 12.3. The van der Waals surface area contributed by atoms with Gasteiger partial charge in [0.15, 0.2) is 5.11 Å². The standard InChI is InChI=1S/C20H24N2O4S/c1-4-5-11-26-16-8-6-7-14(12-16)19(23)22-20(27)21-17-13-15(24-2)9-10-18(17)25-3/h6-10,12-13H,4-5,11H2,1-3H3,(H2,21,22,23,27). The van der Waals surface area contributed by atoms with E-state index in [1.54, 1.807) is 50.6 Å². The number of thiocarbonyl (C=S) groups is 1. The first-order valence-electron chi connectivity index (χ1n) is 8.64. The molecule has 0 aliphatic carbocycles. The van der Waals surface area contributed by atoms with Gasteiger partial charge >= 0.3 is 0 Å². The third kappa shape index (κ3) is 6.14. The van der Waals surface area contributed by atoms with E-state index in [0.29, 0.717) is 35.1 Å². The normalized spacial score (nSPS) is 10.0. The number of methoxy groups -OCH3 is 2. The molecule has 0 aliphatic rings. The molecule has 7 heteroatoms. The van der Waals surface area contributed by atoms with Gasteiger partial charge in [-0.3, -0.25) is 10.1 Å². The van der Waals surface area contributed by atoms with Gasteiger partial charge < -0.3 is 19.5 Å². The first-order chi connectivity index (χ1) is 13.1. The van der Waals surface area contributed by atoms with Gasteiger partial charge in [0.2, 0.25) is 0 Å². The minimum Gasteiger partial charge on any atom is -0.497 e. The number of ether oxygens (including phenoxy) is 3. The fourth-order valence-corrected chi connectivity index (χ4v) is 2.50. The smallest absolute Gasteiger partial charge is 0.257 e. The molecule has 0 fully saturated rings. The van der Waals surface area contributed by atoms with Gasteiger partial charge in [-0.15, -0.1) is 0 Å². The van der Waals surface area contributed by atoms with Crippen LogP contribution in [0.3, 0.4) is 0 Å². The molecule has 6 nitrogen and oxygen atoms in total. The van der Waals surface area contributed by atoms with Crippen molar-refractivity contribution in [2.45, 2.75) is 19.8 Å². The number of carbonyl (C=O) groups is 1. The van der Waals surface area contributed by atoms with Crippen molar-refractivity contribution in [1.82, 2.24) is 5.32 Å². The quantitative estimate of drug-likeness (QED) is 0.526. The monoisotopic (exact) mass is 388 g/mol. The first kappa shape index (κ1) is 20.5. The maximum Gasteiger partial charge on any atom is 0.257 e. The lowest BCUT2D eigenvalue weighted by Crippen LogP contribution is -2.34. The molecular weight excluding hydrogens is 364 g/mol. The fraction of sp³-hybridized carbons (Fsp3) is 0.300. The van der Waals surface area contributed by atoms with E-state index in [2.05, 4.69) is 17.6 Å². The van der Waals surface area contributed by atoms with Crippen LogP contribution in [0.25, 0.3) is 0 Å². The van der Waals surface area contributed by atoms with E-state index in [9.17, 15) is 4.79 Å². The Balaban J connectivity index is 2.01. The average molecular weight is 388 g/mol. The molecule has 0 bridgehead atoms. The van der Waals surface area contributed by atoms with E-state index >= 15 is 0 Å². The summed E-state index contributed by atoms with van der Waals surface area (Å²) in [5.41, 5.74) is 1.06. The Hall–Kier alpha value is -2.80. The minimum absolute atomic E-state index is 0.156. The molecule has 0 radical (unpaired) electrons. The number of anilines is 1. The number of hydrogen-bond donors (Lipinski definition) is 2. The van der Waals surface area contributed by atoms with Gasteiger partial charge in [-0.1, -0.05) is 19.4 Å². The number of hydrogen-bond acceptors (Lipinski definition) is 5. The van der Waals surface area contributed by atoms with Gasteiger partial charge in [0.1, 0.15) is 17.2 Å². The lowest BCUT2D eigenvalue weighted by Gasteiger charge is -2.14. The summed E-state index contributed by atoms with van der Waals surface area (Å²) < 4.78 is 16.1. The third-order valence-corrected chi connectivity index (χ3v) is 3.95. The third-order valence-electron chi connectivity index (χ3n) is 3.74. The molecule has 1 amide bonds. The van der Waals surface area contributed by atoms with E-state index in [1.165, 1.54) is 0 Å². The predicted molar refractivity (Wildman–Crippen MR) is 110 cm³/mol. The van der Waals surface area contributed by atoms with Crippen LogP contribution in [-0.4, -0.2) is 31.8 Å². The van der Waals surface area contributed by atoms with E-state index in [1.807, 2.05) is 6.07 Å². The number of benzene rings is 2. The van der Waals surface area contributed by atoms with Crippen molar-refractivity contribution in [3.63, 3.8) is 0 Å². The molecule has 0 atom stereocenters. The largest absolute Gasteiger partial charge is 0.497 e. The Kier molecular flexibility index (Phi) is 7.88. The molecule has 144 valence electrons. The van der Waals surface area contributed by atoms with E-state index in [-0.39, 0.29) is 11.0 Å². The summed E-state index contributed by atoms with van der Waals surface area (Å²) in [5, 5.41) is 5.77. The molecule has 0 unspecified atom stereocenters. The lowest BCUT2D eigenvalue weighted by atomic mass is 10.2. The van der Waals surface area contributed by atoms with Gasteiger partial charge in [0, 0.05) is 11.6 Å². The van der Waals surface area contributed by atoms with Crippen molar-refractivity contribution < 1.29 is 19.0 Å². The van der Waals surface area contributed by atoms with Gasteiger partial charge in [-0.05, 0) is 49.0 Å². The molecule has 27 heavy (non-hydrogen) atoms. The van der Waals surface area contributed by atoms with Crippen molar-refractivity contribution in [2.24, 2.45) is 0 Å². The first-order valence-corrected chi connectivity index (χ1v) is 9.05. The molecular formula is C20H24N2O4S. The zero-order valence-corrected chi connectivity index (χ0v) is 16.5. The van der Waals surface area contributed by atoms with Crippen LogP contribution in [0.4, 0.5) is 5.69 Å². The zero-order chi connectivity index (χ0) is 19.6. The molecule has 0 saturated carbocycles. The Morgan fingerprint density at radius 1 is 1.07 bits per heavy atom. The summed E-state index contributed by atoms with van der Waals surface area (Å²) in [4.78, 5) is 12.5. The van der Waals surface area contributed by atoms with Crippen LogP contribution in [0.1, 0.15) is 30.1 Å². The second-order valence-corrected chi connectivity index (χ2v) is 6.11. The molecule has 0 spiro atoms. The number of unbranched alkanes of at least 4 members (excludes halogenated alkanes) is 1. The summed E-state index contributed by atoms with van der Waals surface area (Å²) in [7, 11) is 3.12. The van der Waals surface area contributed by atoms with Crippen LogP contribution in [-0.2, 0) is 0 Å². The van der Waals surface area contributed by atoms with Crippen molar-refractivity contribution >= 4 is 28.9 Å². The summed E-state index contributed by atoms with van der Waals surface area (Å²) >= 11 is 5.25. The van der Waals surface area contributed by atoms with Gasteiger partial charge in [0.05, 0.1) is 26.5 Å². The van der Waals surface area contributed by atoms with Crippen LogP contribution in [0.5, 0.6) is 17.2 Å². The maximum atomic E-state index is 12.5. The van der Waals surface area contributed by atoms with E-state index < -0.39 is 0 Å². The van der Waals surface area contributed by atoms with Crippen LogP contribution < -0.4 is 24.8 Å². The van der Waals surface area contributed by atoms with Crippen molar-refractivity contribution in [1.29, 1.82) is 0 Å². The minimum atomic E-state index is -0.324. The Morgan fingerprint density at radius 3 is 2.59 bits per heavy atom. The Bertz CT molecular complexity index is 795. The summed E-state index contributed by atoms with van der Waals surface area (Å²) in [6.07, 6.45) is 2.01. The molecule has 2 rings (SSSR count). The average Bonchev–Trinajstić information content (AvgIpc) is 2.68. The van der Waals surface area contributed by atoms with Crippen molar-refractivity contribution in [2.75, 3.05) is 26.1 Å². The highest BCUT2D eigenvalue weighted by Crippen LogP contribution is 2.28. The van der Waals surface area contributed by atoms with Gasteiger partial charge in [-0.25, -0.2) is 0 Å². The second kappa shape index (κ2) is 10.4.